The van der Waals surface area contributed by atoms with Crippen molar-refractivity contribution >= 4 is 7.60 Å². The van der Waals surface area contributed by atoms with E-state index in [0.29, 0.717) is 13.1 Å². The SMILES string of the molecule is O=P(CCO)(OCNCCc1ccccc1)OCNCCc1ccccc1. The fourth-order valence-electron chi connectivity index (χ4n) is 2.48. The van der Waals surface area contributed by atoms with Crippen molar-refractivity contribution in [2.24, 2.45) is 0 Å². The molecule has 2 rings (SSSR count). The summed E-state index contributed by atoms with van der Waals surface area (Å²) in [4.78, 5) is 0. The molecule has 2 aromatic carbocycles. The largest absolute Gasteiger partial charge is 0.396 e. The van der Waals surface area contributed by atoms with Crippen molar-refractivity contribution in [1.82, 2.24) is 10.6 Å². The number of aliphatic hydroxyl groups is 1. The summed E-state index contributed by atoms with van der Waals surface area (Å²) in [7, 11) is -3.32. The second kappa shape index (κ2) is 12.8. The molecule has 0 atom stereocenters. The van der Waals surface area contributed by atoms with Gasteiger partial charge in [0.1, 0.15) is 13.5 Å². The van der Waals surface area contributed by atoms with Gasteiger partial charge in [-0.25, -0.2) is 0 Å². The smallest absolute Gasteiger partial charge is 0.335 e. The maximum Gasteiger partial charge on any atom is 0.335 e. The Hall–Kier alpha value is -1.53. The third kappa shape index (κ3) is 9.29. The summed E-state index contributed by atoms with van der Waals surface area (Å²) in [5.41, 5.74) is 2.45. The highest BCUT2D eigenvalue weighted by molar-refractivity contribution is 7.53. The Morgan fingerprint density at radius 3 is 1.63 bits per heavy atom. The van der Waals surface area contributed by atoms with Crippen LogP contribution in [0.2, 0.25) is 0 Å². The van der Waals surface area contributed by atoms with Gasteiger partial charge in [-0.1, -0.05) is 60.7 Å². The number of aliphatic hydroxyl groups excluding tert-OH is 1. The molecule has 0 heterocycles. The summed E-state index contributed by atoms with van der Waals surface area (Å²) >= 11 is 0. The van der Waals surface area contributed by atoms with E-state index in [2.05, 4.69) is 34.9 Å². The van der Waals surface area contributed by atoms with Gasteiger partial charge in [-0.3, -0.25) is 24.2 Å². The Morgan fingerprint density at radius 1 is 0.778 bits per heavy atom. The van der Waals surface area contributed by atoms with Crippen LogP contribution in [-0.4, -0.2) is 44.4 Å². The molecule has 0 saturated carbocycles. The van der Waals surface area contributed by atoms with Crippen molar-refractivity contribution in [2.45, 2.75) is 12.8 Å². The fraction of sp³-hybridized carbons (Fsp3) is 0.400. The molecule has 0 aromatic heterocycles. The van der Waals surface area contributed by atoms with E-state index < -0.39 is 7.60 Å². The summed E-state index contributed by atoms with van der Waals surface area (Å²) in [5, 5.41) is 15.3. The predicted octanol–water partition coefficient (Wildman–Crippen LogP) is 2.78. The molecule has 0 unspecified atom stereocenters. The first-order valence-electron chi connectivity index (χ1n) is 9.20. The molecule has 0 bridgehead atoms. The van der Waals surface area contributed by atoms with Gasteiger partial charge in [-0.15, -0.1) is 0 Å². The number of hydrogen-bond acceptors (Lipinski definition) is 6. The van der Waals surface area contributed by atoms with Gasteiger partial charge in [0.25, 0.3) is 0 Å². The van der Waals surface area contributed by atoms with Gasteiger partial charge in [0, 0.05) is 13.1 Å². The van der Waals surface area contributed by atoms with Crippen LogP contribution in [0.25, 0.3) is 0 Å². The Balaban J connectivity index is 1.60. The van der Waals surface area contributed by atoms with Gasteiger partial charge >= 0.3 is 7.60 Å². The second-order valence-corrected chi connectivity index (χ2v) is 8.26. The molecule has 0 saturated heterocycles. The minimum atomic E-state index is -3.32. The monoisotopic (exact) mass is 392 g/mol. The van der Waals surface area contributed by atoms with Gasteiger partial charge in [0.2, 0.25) is 0 Å². The van der Waals surface area contributed by atoms with Gasteiger partial charge in [-0.2, -0.15) is 0 Å². The molecule has 0 aliphatic carbocycles. The summed E-state index contributed by atoms with van der Waals surface area (Å²) < 4.78 is 23.4. The fourth-order valence-corrected chi connectivity index (χ4v) is 3.63. The normalized spacial score (nSPS) is 11.6. The Labute approximate surface area is 161 Å². The average Bonchev–Trinajstić information content (AvgIpc) is 2.69. The van der Waals surface area contributed by atoms with E-state index in [1.165, 1.54) is 11.1 Å². The second-order valence-electron chi connectivity index (χ2n) is 6.08. The highest BCUT2D eigenvalue weighted by Gasteiger charge is 2.23. The molecule has 0 fully saturated rings. The van der Waals surface area contributed by atoms with Crippen LogP contribution in [-0.2, 0) is 26.5 Å². The van der Waals surface area contributed by atoms with E-state index in [9.17, 15) is 4.57 Å². The number of hydrogen-bond donors (Lipinski definition) is 3. The van der Waals surface area contributed by atoms with Crippen molar-refractivity contribution in [3.63, 3.8) is 0 Å². The molecule has 148 valence electrons. The zero-order valence-electron chi connectivity index (χ0n) is 15.5. The summed E-state index contributed by atoms with van der Waals surface area (Å²) in [6, 6.07) is 20.2. The molecule has 0 amide bonds. The molecule has 0 aliphatic rings. The van der Waals surface area contributed by atoms with Crippen LogP contribution < -0.4 is 10.6 Å². The van der Waals surface area contributed by atoms with Crippen LogP contribution in [0.4, 0.5) is 0 Å². The van der Waals surface area contributed by atoms with Crippen LogP contribution >= 0.6 is 7.60 Å². The summed E-state index contributed by atoms with van der Waals surface area (Å²) in [6.07, 6.45) is 1.69. The molecule has 27 heavy (non-hydrogen) atoms. The maximum absolute atomic E-state index is 12.6. The lowest BCUT2D eigenvalue weighted by molar-refractivity contribution is 0.177. The minimum Gasteiger partial charge on any atom is -0.396 e. The predicted molar refractivity (Wildman–Crippen MR) is 108 cm³/mol. The van der Waals surface area contributed by atoms with E-state index in [0.717, 1.165) is 12.8 Å². The lowest BCUT2D eigenvalue weighted by Gasteiger charge is -2.18. The van der Waals surface area contributed by atoms with Crippen LogP contribution in [0.5, 0.6) is 0 Å². The van der Waals surface area contributed by atoms with Crippen LogP contribution in [0.3, 0.4) is 0 Å². The third-order valence-electron chi connectivity index (χ3n) is 3.97. The average molecular weight is 392 g/mol. The van der Waals surface area contributed by atoms with E-state index in [-0.39, 0.29) is 26.2 Å². The van der Waals surface area contributed by atoms with Crippen molar-refractivity contribution in [3.05, 3.63) is 71.8 Å². The molecule has 7 heteroatoms. The van der Waals surface area contributed by atoms with Crippen molar-refractivity contribution in [3.8, 4) is 0 Å². The molecule has 0 spiro atoms. The highest BCUT2D eigenvalue weighted by atomic mass is 31.2. The van der Waals surface area contributed by atoms with Gasteiger partial charge in [0.15, 0.2) is 0 Å². The quantitative estimate of drug-likeness (QED) is 0.261. The molecule has 0 aliphatic heterocycles. The van der Waals surface area contributed by atoms with Crippen molar-refractivity contribution < 1.29 is 18.7 Å². The van der Waals surface area contributed by atoms with E-state index in [1.54, 1.807) is 0 Å². The Bertz CT molecular complexity index is 617. The summed E-state index contributed by atoms with van der Waals surface area (Å²) in [6.45, 7) is 1.41. The van der Waals surface area contributed by atoms with Crippen LogP contribution in [0, 0.1) is 0 Å². The lowest BCUT2D eigenvalue weighted by Crippen LogP contribution is -2.24. The van der Waals surface area contributed by atoms with E-state index in [4.69, 9.17) is 14.2 Å². The Morgan fingerprint density at radius 2 is 1.22 bits per heavy atom. The summed E-state index contributed by atoms with van der Waals surface area (Å²) in [5.74, 6) is 0. The van der Waals surface area contributed by atoms with Crippen molar-refractivity contribution in [1.29, 1.82) is 0 Å². The first-order chi connectivity index (χ1) is 13.2. The van der Waals surface area contributed by atoms with Gasteiger partial charge in [0.05, 0.1) is 12.8 Å². The third-order valence-corrected chi connectivity index (χ3v) is 5.76. The Kier molecular flexibility index (Phi) is 10.3. The number of nitrogens with one attached hydrogen (secondary N) is 2. The molecule has 6 nitrogen and oxygen atoms in total. The van der Waals surface area contributed by atoms with Gasteiger partial charge in [-0.05, 0) is 24.0 Å². The van der Waals surface area contributed by atoms with Crippen LogP contribution in [0.15, 0.2) is 60.7 Å². The van der Waals surface area contributed by atoms with E-state index >= 15 is 0 Å². The zero-order valence-corrected chi connectivity index (χ0v) is 16.4. The first kappa shape index (κ1) is 21.8. The standard InChI is InChI=1S/C20H29N2O4P/c23-15-16-27(24,25-17-21-13-11-19-7-3-1-4-8-19)26-18-22-14-12-20-9-5-2-6-10-20/h1-10,21-23H,11-18H2. The molecule has 2 aromatic rings. The molecular formula is C20H29N2O4P. The van der Waals surface area contributed by atoms with Crippen LogP contribution in [0.1, 0.15) is 11.1 Å². The first-order valence-corrected chi connectivity index (χ1v) is 10.9. The topological polar surface area (TPSA) is 79.8 Å². The highest BCUT2D eigenvalue weighted by Crippen LogP contribution is 2.46. The zero-order chi connectivity index (χ0) is 19.2. The maximum atomic E-state index is 12.6. The molecule has 3 N–H and O–H groups in total. The van der Waals surface area contributed by atoms with Crippen molar-refractivity contribution in [2.75, 3.05) is 39.3 Å². The minimum absolute atomic E-state index is 0.0201. The molecular weight excluding hydrogens is 363 g/mol. The number of rotatable bonds is 14. The number of benzene rings is 2. The van der Waals surface area contributed by atoms with Gasteiger partial charge < -0.3 is 5.11 Å². The lowest BCUT2D eigenvalue weighted by atomic mass is 10.2. The molecule has 0 radical (unpaired) electrons. The van der Waals surface area contributed by atoms with E-state index in [1.807, 2.05) is 36.4 Å².